The molecule has 0 bridgehead atoms. The highest BCUT2D eigenvalue weighted by atomic mass is 16.1. The molecule has 0 spiro atoms. The minimum atomic E-state index is 0.000646. The molecule has 8 heteroatoms. The van der Waals surface area contributed by atoms with Crippen LogP contribution in [0.5, 0.6) is 0 Å². The maximum atomic E-state index is 11.3. The normalized spacial score (nSPS) is 10.8. The lowest BCUT2D eigenvalue weighted by Crippen LogP contribution is -2.32. The summed E-state index contributed by atoms with van der Waals surface area (Å²) in [7, 11) is 0. The number of amides is 1. The molecule has 2 rings (SSSR count). The predicted molar refractivity (Wildman–Crippen MR) is 64.9 cm³/mol. The molecule has 8 nitrogen and oxygen atoms in total. The van der Waals surface area contributed by atoms with Gasteiger partial charge in [-0.2, -0.15) is 0 Å². The molecule has 0 saturated heterocycles. The minimum absolute atomic E-state index is 0.000646. The van der Waals surface area contributed by atoms with Crippen molar-refractivity contribution in [2.75, 3.05) is 18.4 Å². The largest absolute Gasteiger partial charge is 0.367 e. The lowest BCUT2D eigenvalue weighted by atomic mass is 10.2. The van der Waals surface area contributed by atoms with Crippen LogP contribution in [0.3, 0.4) is 0 Å². The maximum absolute atomic E-state index is 11.3. The van der Waals surface area contributed by atoms with Crippen LogP contribution in [-0.2, 0) is 4.79 Å². The van der Waals surface area contributed by atoms with Crippen LogP contribution in [-0.4, -0.2) is 44.3 Å². The van der Waals surface area contributed by atoms with Crippen LogP contribution in [0.4, 0.5) is 5.82 Å². The summed E-state index contributed by atoms with van der Waals surface area (Å²) in [4.78, 5) is 11.3. The maximum Gasteiger partial charge on any atom is 0.222 e. The zero-order chi connectivity index (χ0) is 13.0. The second-order valence-corrected chi connectivity index (χ2v) is 4.12. The van der Waals surface area contributed by atoms with Gasteiger partial charge in [-0.1, -0.05) is 13.8 Å². The Morgan fingerprint density at radius 3 is 3.00 bits per heavy atom. The van der Waals surface area contributed by atoms with E-state index in [1.165, 1.54) is 4.63 Å². The van der Waals surface area contributed by atoms with Gasteiger partial charge in [0.05, 0.1) is 0 Å². The number of nitrogens with one attached hydrogen (secondary N) is 2. The molecule has 0 radical (unpaired) electrons. The van der Waals surface area contributed by atoms with Gasteiger partial charge >= 0.3 is 0 Å². The summed E-state index contributed by atoms with van der Waals surface area (Å²) >= 11 is 0. The van der Waals surface area contributed by atoms with Crippen molar-refractivity contribution < 1.29 is 4.79 Å². The van der Waals surface area contributed by atoms with E-state index in [0.29, 0.717) is 24.6 Å². The van der Waals surface area contributed by atoms with Gasteiger partial charge in [-0.3, -0.25) is 4.79 Å². The first-order chi connectivity index (χ1) is 8.66. The van der Waals surface area contributed by atoms with Crippen LogP contribution in [0, 0.1) is 5.92 Å². The summed E-state index contributed by atoms with van der Waals surface area (Å²) in [5.41, 5.74) is 0.591. The van der Waals surface area contributed by atoms with Crippen molar-refractivity contribution >= 4 is 17.4 Å². The van der Waals surface area contributed by atoms with Gasteiger partial charge in [0, 0.05) is 19.0 Å². The summed E-state index contributed by atoms with van der Waals surface area (Å²) in [6.07, 6.45) is 0. The Morgan fingerprint density at radius 2 is 2.22 bits per heavy atom. The Morgan fingerprint density at radius 1 is 1.39 bits per heavy atom. The number of carbonyl (C=O) groups is 1. The average Bonchev–Trinajstić information content (AvgIpc) is 2.81. The highest BCUT2D eigenvalue weighted by Gasteiger charge is 2.05. The average molecular weight is 249 g/mol. The highest BCUT2D eigenvalue weighted by Crippen LogP contribution is 2.02. The number of aromatic nitrogens is 5. The van der Waals surface area contributed by atoms with Gasteiger partial charge in [0.2, 0.25) is 5.91 Å². The molecule has 0 aliphatic rings. The van der Waals surface area contributed by atoms with Crippen LogP contribution in [0.2, 0.25) is 0 Å². The van der Waals surface area contributed by atoms with Crippen molar-refractivity contribution in [3.05, 3.63) is 12.1 Å². The molecule has 18 heavy (non-hydrogen) atoms. The van der Waals surface area contributed by atoms with E-state index in [4.69, 9.17) is 0 Å². The van der Waals surface area contributed by atoms with E-state index in [9.17, 15) is 4.79 Å². The highest BCUT2D eigenvalue weighted by molar-refractivity contribution is 5.77. The molecule has 0 saturated carbocycles. The Balaban J connectivity index is 1.81. The van der Waals surface area contributed by atoms with E-state index < -0.39 is 0 Å². The molecule has 1 amide bonds. The third kappa shape index (κ3) is 2.90. The minimum Gasteiger partial charge on any atom is -0.367 e. The van der Waals surface area contributed by atoms with E-state index in [1.54, 1.807) is 12.1 Å². The summed E-state index contributed by atoms with van der Waals surface area (Å²) in [6, 6.07) is 3.55. The summed E-state index contributed by atoms with van der Waals surface area (Å²) in [5, 5.41) is 21.0. The quantitative estimate of drug-likeness (QED) is 0.706. The molecule has 0 aliphatic heterocycles. The van der Waals surface area contributed by atoms with Crippen molar-refractivity contribution in [3.63, 3.8) is 0 Å². The molecule has 0 aromatic carbocycles. The molecule has 2 aromatic heterocycles. The van der Waals surface area contributed by atoms with E-state index >= 15 is 0 Å². The smallest absolute Gasteiger partial charge is 0.222 e. The molecule has 0 fully saturated rings. The van der Waals surface area contributed by atoms with Crippen molar-refractivity contribution in [2.24, 2.45) is 5.92 Å². The second kappa shape index (κ2) is 5.39. The zero-order valence-corrected chi connectivity index (χ0v) is 10.3. The Hall–Kier alpha value is -2.25. The molecule has 2 heterocycles. The molecular formula is C10H15N7O. The summed E-state index contributed by atoms with van der Waals surface area (Å²) < 4.78 is 1.34. The molecule has 0 unspecified atom stereocenters. The van der Waals surface area contributed by atoms with Crippen LogP contribution >= 0.6 is 0 Å². The van der Waals surface area contributed by atoms with E-state index in [1.807, 2.05) is 13.8 Å². The van der Waals surface area contributed by atoms with Gasteiger partial charge in [-0.05, 0) is 22.6 Å². The zero-order valence-electron chi connectivity index (χ0n) is 10.3. The third-order valence-electron chi connectivity index (χ3n) is 2.32. The van der Waals surface area contributed by atoms with Gasteiger partial charge in [0.1, 0.15) is 5.82 Å². The molecule has 0 atom stereocenters. The van der Waals surface area contributed by atoms with Crippen molar-refractivity contribution in [1.82, 2.24) is 30.6 Å². The first-order valence-electron chi connectivity index (χ1n) is 5.74. The molecule has 96 valence electrons. The second-order valence-electron chi connectivity index (χ2n) is 4.12. The fraction of sp³-hybridized carbons (Fsp3) is 0.500. The van der Waals surface area contributed by atoms with E-state index in [-0.39, 0.29) is 11.8 Å². The third-order valence-corrected chi connectivity index (χ3v) is 2.32. The molecular weight excluding hydrogens is 234 g/mol. The summed E-state index contributed by atoms with van der Waals surface area (Å²) in [5.74, 6) is 0.704. The molecule has 2 aromatic rings. The van der Waals surface area contributed by atoms with E-state index in [0.717, 1.165) is 0 Å². The van der Waals surface area contributed by atoms with Crippen LogP contribution in [0.1, 0.15) is 13.8 Å². The lowest BCUT2D eigenvalue weighted by Gasteiger charge is -2.08. The number of tetrazole rings is 1. The number of carbonyl (C=O) groups excluding carboxylic acids is 1. The van der Waals surface area contributed by atoms with Crippen molar-refractivity contribution in [3.8, 4) is 0 Å². The molecule has 0 aliphatic carbocycles. The number of rotatable bonds is 5. The first kappa shape index (κ1) is 12.2. The summed E-state index contributed by atoms with van der Waals surface area (Å²) in [6.45, 7) is 4.86. The van der Waals surface area contributed by atoms with Gasteiger partial charge < -0.3 is 10.6 Å². The fourth-order valence-corrected chi connectivity index (χ4v) is 1.32. The van der Waals surface area contributed by atoms with Gasteiger partial charge in [-0.15, -0.1) is 14.8 Å². The van der Waals surface area contributed by atoms with Crippen molar-refractivity contribution in [1.29, 1.82) is 0 Å². The number of hydrogen-bond acceptors (Lipinski definition) is 6. The Kier molecular flexibility index (Phi) is 3.66. The number of anilines is 1. The van der Waals surface area contributed by atoms with Crippen LogP contribution < -0.4 is 10.6 Å². The monoisotopic (exact) mass is 249 g/mol. The molecule has 2 N–H and O–H groups in total. The fourth-order valence-electron chi connectivity index (χ4n) is 1.32. The van der Waals surface area contributed by atoms with Gasteiger partial charge in [0.15, 0.2) is 5.65 Å². The topological polar surface area (TPSA) is 97.1 Å². The lowest BCUT2D eigenvalue weighted by molar-refractivity contribution is -0.123. The Labute approximate surface area is 104 Å². The Bertz CT molecular complexity index is 536. The van der Waals surface area contributed by atoms with Crippen LogP contribution in [0.25, 0.3) is 5.65 Å². The van der Waals surface area contributed by atoms with Gasteiger partial charge in [0.25, 0.3) is 0 Å². The van der Waals surface area contributed by atoms with E-state index in [2.05, 4.69) is 31.3 Å². The SMILES string of the molecule is CC(C)C(=O)NCCNc1ccc2nnnn2n1. The van der Waals surface area contributed by atoms with Gasteiger partial charge in [-0.25, -0.2) is 0 Å². The number of nitrogens with zero attached hydrogens (tertiary/aromatic N) is 5. The van der Waals surface area contributed by atoms with Crippen LogP contribution in [0.15, 0.2) is 12.1 Å². The number of fused-ring (bicyclic) bond motifs is 1. The standard InChI is InChI=1S/C10H15N7O/c1-7(2)10(18)12-6-5-11-8-3-4-9-13-15-16-17(9)14-8/h3-4,7H,5-6H2,1-2H3,(H,11,14)(H,12,18). The van der Waals surface area contributed by atoms with Crippen molar-refractivity contribution in [2.45, 2.75) is 13.8 Å². The number of hydrogen-bond donors (Lipinski definition) is 2. The first-order valence-corrected chi connectivity index (χ1v) is 5.74. The predicted octanol–water partition coefficient (Wildman–Crippen LogP) is -0.297.